The summed E-state index contributed by atoms with van der Waals surface area (Å²) in [6.45, 7) is 0.979. The third-order valence-electron chi connectivity index (χ3n) is 4.18. The maximum absolute atomic E-state index is 9.98. The highest BCUT2D eigenvalue weighted by Gasteiger charge is 2.49. The number of hydrogen-bond donors (Lipinski definition) is 6. The third kappa shape index (κ3) is 3.66. The van der Waals surface area contributed by atoms with Gasteiger partial charge in [-0.05, 0) is 6.92 Å². The lowest BCUT2D eigenvalue weighted by Crippen LogP contribution is -2.63. The Hall–Kier alpha value is -0.400. The molecule has 6 N–H and O–H groups in total. The lowest BCUT2D eigenvalue weighted by atomic mass is 9.97. The Morgan fingerprint density at radius 1 is 0.870 bits per heavy atom. The van der Waals surface area contributed by atoms with E-state index in [1.165, 1.54) is 7.11 Å². The first kappa shape index (κ1) is 18.9. The van der Waals surface area contributed by atoms with Crippen LogP contribution in [0.3, 0.4) is 0 Å². The Bertz CT molecular complexity index is 380. The van der Waals surface area contributed by atoms with Gasteiger partial charge in [-0.3, -0.25) is 0 Å². The highest BCUT2D eigenvalue weighted by atomic mass is 16.7. The van der Waals surface area contributed by atoms with Gasteiger partial charge in [0.1, 0.15) is 42.7 Å². The molecule has 0 aromatic rings. The summed E-state index contributed by atoms with van der Waals surface area (Å²) in [5, 5.41) is 58.1. The lowest BCUT2D eigenvalue weighted by molar-refractivity contribution is -0.353. The van der Waals surface area contributed by atoms with E-state index in [1.807, 2.05) is 0 Å². The first-order valence-electron chi connectivity index (χ1n) is 7.32. The van der Waals surface area contributed by atoms with Crippen molar-refractivity contribution in [1.82, 2.24) is 0 Å². The van der Waals surface area contributed by atoms with Crippen molar-refractivity contribution in [1.29, 1.82) is 0 Å². The van der Waals surface area contributed by atoms with E-state index in [0.29, 0.717) is 0 Å². The van der Waals surface area contributed by atoms with Crippen LogP contribution in [0.2, 0.25) is 0 Å². The van der Waals surface area contributed by atoms with Gasteiger partial charge in [0.2, 0.25) is 0 Å². The molecule has 2 aliphatic rings. The molecule has 10 atom stereocenters. The van der Waals surface area contributed by atoms with Crippen LogP contribution in [0.1, 0.15) is 6.92 Å². The average molecular weight is 340 g/mol. The molecule has 0 aromatic heterocycles. The van der Waals surface area contributed by atoms with E-state index in [4.69, 9.17) is 24.1 Å². The SMILES string of the molecule is CO[C@H]1[C@@H](O[C@@H]2O[C@H](CO)[C@@H](O)[C@H](O)[C@H]2O)[C@@H](C)OC(O)[C@@H]1O. The van der Waals surface area contributed by atoms with Gasteiger partial charge in [0.25, 0.3) is 0 Å². The number of ether oxygens (including phenoxy) is 4. The van der Waals surface area contributed by atoms with Crippen molar-refractivity contribution in [3.8, 4) is 0 Å². The molecule has 10 heteroatoms. The summed E-state index contributed by atoms with van der Waals surface area (Å²) < 4.78 is 21.0. The Balaban J connectivity index is 2.12. The first-order chi connectivity index (χ1) is 10.8. The van der Waals surface area contributed by atoms with Gasteiger partial charge in [0, 0.05) is 7.11 Å². The predicted octanol–water partition coefficient (Wildman–Crippen LogP) is -3.72. The normalized spacial score (nSPS) is 51.7. The van der Waals surface area contributed by atoms with Gasteiger partial charge in [-0.1, -0.05) is 0 Å². The van der Waals surface area contributed by atoms with Crippen molar-refractivity contribution >= 4 is 0 Å². The fraction of sp³-hybridized carbons (Fsp3) is 1.00. The zero-order chi connectivity index (χ0) is 17.3. The van der Waals surface area contributed by atoms with Gasteiger partial charge in [0.15, 0.2) is 12.6 Å². The maximum atomic E-state index is 9.98. The largest absolute Gasteiger partial charge is 0.394 e. The minimum atomic E-state index is -1.58. The van der Waals surface area contributed by atoms with E-state index in [-0.39, 0.29) is 0 Å². The smallest absolute Gasteiger partial charge is 0.187 e. The third-order valence-corrected chi connectivity index (χ3v) is 4.18. The molecule has 2 fully saturated rings. The minimum absolute atomic E-state index is 0.587. The van der Waals surface area contributed by atoms with Crippen LogP contribution in [0.4, 0.5) is 0 Å². The van der Waals surface area contributed by atoms with Crippen LogP contribution in [-0.2, 0) is 18.9 Å². The maximum Gasteiger partial charge on any atom is 0.187 e. The lowest BCUT2D eigenvalue weighted by Gasteiger charge is -2.45. The fourth-order valence-electron chi connectivity index (χ4n) is 2.80. The molecule has 0 bridgehead atoms. The number of hydrogen-bond acceptors (Lipinski definition) is 10. The van der Waals surface area contributed by atoms with Crippen molar-refractivity contribution in [2.24, 2.45) is 0 Å². The molecule has 2 heterocycles. The zero-order valence-electron chi connectivity index (χ0n) is 12.8. The van der Waals surface area contributed by atoms with E-state index >= 15 is 0 Å². The summed E-state index contributed by atoms with van der Waals surface area (Å²) in [5.41, 5.74) is 0. The quantitative estimate of drug-likeness (QED) is 0.300. The van der Waals surface area contributed by atoms with E-state index in [1.54, 1.807) is 6.92 Å². The van der Waals surface area contributed by atoms with E-state index in [9.17, 15) is 25.5 Å². The van der Waals surface area contributed by atoms with Crippen LogP contribution in [0.5, 0.6) is 0 Å². The Morgan fingerprint density at radius 2 is 1.52 bits per heavy atom. The molecule has 0 saturated carbocycles. The van der Waals surface area contributed by atoms with Crippen LogP contribution in [0, 0.1) is 0 Å². The van der Waals surface area contributed by atoms with Crippen molar-refractivity contribution in [2.75, 3.05) is 13.7 Å². The topological polar surface area (TPSA) is 158 Å². The number of aliphatic hydroxyl groups excluding tert-OH is 6. The molecule has 10 nitrogen and oxygen atoms in total. The monoisotopic (exact) mass is 340 g/mol. The van der Waals surface area contributed by atoms with Crippen molar-refractivity contribution in [3.05, 3.63) is 0 Å². The predicted molar refractivity (Wildman–Crippen MR) is 72.0 cm³/mol. The number of aliphatic hydroxyl groups is 6. The van der Waals surface area contributed by atoms with Crippen LogP contribution in [0.25, 0.3) is 0 Å². The Labute approximate surface area is 132 Å². The summed E-state index contributed by atoms with van der Waals surface area (Å²) in [6.07, 6.45) is -12.6. The van der Waals surface area contributed by atoms with Gasteiger partial charge in [0.05, 0.1) is 12.7 Å². The molecule has 0 radical (unpaired) electrons. The van der Waals surface area contributed by atoms with E-state index in [0.717, 1.165) is 0 Å². The molecule has 0 spiro atoms. The average Bonchev–Trinajstić information content (AvgIpc) is 2.53. The standard InChI is InChI=1S/C13H24O10/c1-4-10(11(20-2)9(18)12(19)21-4)23-13-8(17)7(16)6(15)5(3-14)22-13/h4-19H,3H2,1-2H3/t4-,5-,6-,7+,8-,9-,10+,11-,12?,13+/m1/s1. The number of rotatable bonds is 4. The van der Waals surface area contributed by atoms with Gasteiger partial charge < -0.3 is 49.6 Å². The van der Waals surface area contributed by atoms with Crippen molar-refractivity contribution in [3.63, 3.8) is 0 Å². The number of methoxy groups -OCH3 is 1. The first-order valence-corrected chi connectivity index (χ1v) is 7.32. The summed E-state index contributed by atoms with van der Waals surface area (Å²) in [4.78, 5) is 0. The Kier molecular flexibility index (Phi) is 6.30. The van der Waals surface area contributed by atoms with Gasteiger partial charge in [-0.2, -0.15) is 0 Å². The van der Waals surface area contributed by atoms with Gasteiger partial charge in [-0.15, -0.1) is 0 Å². The highest BCUT2D eigenvalue weighted by molar-refractivity contribution is 4.93. The fourth-order valence-corrected chi connectivity index (χ4v) is 2.80. The van der Waals surface area contributed by atoms with Crippen LogP contribution in [-0.4, -0.2) is 106 Å². The molecule has 0 aliphatic carbocycles. The molecule has 2 rings (SSSR count). The highest BCUT2D eigenvalue weighted by Crippen LogP contribution is 2.29. The van der Waals surface area contributed by atoms with Crippen molar-refractivity contribution < 1.29 is 49.6 Å². The van der Waals surface area contributed by atoms with E-state index in [2.05, 4.69) is 0 Å². The molecular weight excluding hydrogens is 316 g/mol. The molecule has 136 valence electrons. The summed E-state index contributed by atoms with van der Waals surface area (Å²) in [7, 11) is 1.31. The molecule has 0 amide bonds. The molecule has 2 saturated heterocycles. The van der Waals surface area contributed by atoms with Crippen LogP contribution >= 0.6 is 0 Å². The second kappa shape index (κ2) is 7.66. The molecule has 0 aromatic carbocycles. The van der Waals surface area contributed by atoms with Crippen LogP contribution in [0.15, 0.2) is 0 Å². The van der Waals surface area contributed by atoms with E-state index < -0.39 is 68.0 Å². The molecule has 23 heavy (non-hydrogen) atoms. The molecule has 1 unspecified atom stereocenters. The van der Waals surface area contributed by atoms with Gasteiger partial charge in [-0.25, -0.2) is 0 Å². The summed E-state index contributed by atoms with van der Waals surface area (Å²) >= 11 is 0. The second-order valence-corrected chi connectivity index (χ2v) is 5.72. The second-order valence-electron chi connectivity index (χ2n) is 5.72. The van der Waals surface area contributed by atoms with Crippen LogP contribution < -0.4 is 0 Å². The van der Waals surface area contributed by atoms with Gasteiger partial charge >= 0.3 is 0 Å². The Morgan fingerprint density at radius 3 is 2.09 bits per heavy atom. The summed E-state index contributed by atoms with van der Waals surface area (Å²) in [5.74, 6) is 0. The summed E-state index contributed by atoms with van der Waals surface area (Å²) in [6, 6.07) is 0. The molecule has 2 aliphatic heterocycles. The zero-order valence-corrected chi connectivity index (χ0v) is 12.8. The van der Waals surface area contributed by atoms with Crippen molar-refractivity contribution in [2.45, 2.75) is 68.3 Å². The molecular formula is C13H24O10. The minimum Gasteiger partial charge on any atom is -0.394 e.